The minimum absolute atomic E-state index is 0.718. The molecule has 1 aromatic carbocycles. The van der Waals surface area contributed by atoms with Crippen molar-refractivity contribution in [1.82, 2.24) is 4.90 Å². The summed E-state index contributed by atoms with van der Waals surface area (Å²) in [5.41, 5.74) is 7.64. The first-order chi connectivity index (χ1) is 9.22. The van der Waals surface area contributed by atoms with Gasteiger partial charge in [0.25, 0.3) is 0 Å². The summed E-state index contributed by atoms with van der Waals surface area (Å²) < 4.78 is 0. The molecule has 0 unspecified atom stereocenters. The smallest absolute Gasteiger partial charge is 0.0471 e. The zero-order valence-corrected chi connectivity index (χ0v) is 12.3. The van der Waals surface area contributed by atoms with E-state index < -0.39 is 0 Å². The lowest BCUT2D eigenvalue weighted by molar-refractivity contribution is 0.248. The molecule has 100 valence electrons. The van der Waals surface area contributed by atoms with Crippen molar-refractivity contribution >= 4 is 28.6 Å². The first-order valence-corrected chi connectivity index (χ1v) is 7.78. The maximum atomic E-state index is 6.28. The molecular formula is C15H17ClN2S. The SMILES string of the molecule is Nc1ccc(CN(Cc2cccs2)C2CC2)c(Cl)c1. The molecule has 1 fully saturated rings. The number of thiophene rings is 1. The summed E-state index contributed by atoms with van der Waals surface area (Å²) >= 11 is 8.10. The molecule has 1 saturated carbocycles. The second kappa shape index (κ2) is 5.53. The van der Waals surface area contributed by atoms with Crippen LogP contribution in [0.5, 0.6) is 0 Å². The number of hydrogen-bond acceptors (Lipinski definition) is 3. The van der Waals surface area contributed by atoms with Crippen LogP contribution in [0.1, 0.15) is 23.3 Å². The van der Waals surface area contributed by atoms with Crippen LogP contribution in [-0.4, -0.2) is 10.9 Å². The van der Waals surface area contributed by atoms with Crippen LogP contribution in [0.25, 0.3) is 0 Å². The quantitative estimate of drug-likeness (QED) is 0.839. The van der Waals surface area contributed by atoms with Gasteiger partial charge in [0.2, 0.25) is 0 Å². The average molecular weight is 293 g/mol. The normalized spacial score (nSPS) is 15.1. The lowest BCUT2D eigenvalue weighted by Gasteiger charge is -2.22. The van der Waals surface area contributed by atoms with Gasteiger partial charge in [0.15, 0.2) is 0 Å². The van der Waals surface area contributed by atoms with Crippen LogP contribution in [0.15, 0.2) is 35.7 Å². The van der Waals surface area contributed by atoms with Gasteiger partial charge in [-0.1, -0.05) is 23.7 Å². The highest BCUT2D eigenvalue weighted by Gasteiger charge is 2.29. The zero-order chi connectivity index (χ0) is 13.2. The summed E-state index contributed by atoms with van der Waals surface area (Å²) in [4.78, 5) is 3.93. The molecule has 2 nitrogen and oxygen atoms in total. The van der Waals surface area contributed by atoms with Crippen molar-refractivity contribution in [2.45, 2.75) is 32.0 Å². The van der Waals surface area contributed by atoms with E-state index in [-0.39, 0.29) is 0 Å². The maximum absolute atomic E-state index is 6.28. The van der Waals surface area contributed by atoms with Gasteiger partial charge in [0.1, 0.15) is 0 Å². The van der Waals surface area contributed by atoms with E-state index in [1.54, 1.807) is 0 Å². The van der Waals surface area contributed by atoms with E-state index in [0.29, 0.717) is 0 Å². The number of nitrogens with zero attached hydrogens (tertiary/aromatic N) is 1. The summed E-state index contributed by atoms with van der Waals surface area (Å²) in [7, 11) is 0. The highest BCUT2D eigenvalue weighted by atomic mass is 35.5. The van der Waals surface area contributed by atoms with Gasteiger partial charge in [0.05, 0.1) is 0 Å². The largest absolute Gasteiger partial charge is 0.399 e. The van der Waals surface area contributed by atoms with E-state index in [9.17, 15) is 0 Å². The number of anilines is 1. The summed E-state index contributed by atoms with van der Waals surface area (Å²) in [6, 6.07) is 10.8. The van der Waals surface area contributed by atoms with Gasteiger partial charge in [-0.3, -0.25) is 4.90 Å². The van der Waals surface area contributed by atoms with E-state index in [1.807, 2.05) is 29.5 Å². The monoisotopic (exact) mass is 292 g/mol. The third kappa shape index (κ3) is 3.30. The fraction of sp³-hybridized carbons (Fsp3) is 0.333. The third-order valence-electron chi connectivity index (χ3n) is 3.45. The Morgan fingerprint density at radius 3 is 2.74 bits per heavy atom. The molecule has 3 rings (SSSR count). The number of nitrogen functional groups attached to an aromatic ring is 1. The average Bonchev–Trinajstić information content (AvgIpc) is 3.10. The Labute approximate surface area is 122 Å². The predicted molar refractivity (Wildman–Crippen MR) is 82.5 cm³/mol. The van der Waals surface area contributed by atoms with Crippen molar-refractivity contribution in [3.8, 4) is 0 Å². The molecule has 0 aliphatic heterocycles. The Morgan fingerprint density at radius 2 is 2.11 bits per heavy atom. The molecule has 0 spiro atoms. The number of halogens is 1. The first-order valence-electron chi connectivity index (χ1n) is 6.53. The molecule has 1 aromatic heterocycles. The van der Waals surface area contributed by atoms with Crippen molar-refractivity contribution < 1.29 is 0 Å². The Hall–Kier alpha value is -1.03. The molecule has 19 heavy (non-hydrogen) atoms. The molecule has 0 saturated heterocycles. The van der Waals surface area contributed by atoms with E-state index >= 15 is 0 Å². The predicted octanol–water partition coefficient (Wildman–Crippen LogP) is 4.15. The van der Waals surface area contributed by atoms with Crippen LogP contribution in [0.2, 0.25) is 5.02 Å². The number of hydrogen-bond donors (Lipinski definition) is 1. The highest BCUT2D eigenvalue weighted by Crippen LogP contribution is 2.32. The minimum Gasteiger partial charge on any atom is -0.399 e. The van der Waals surface area contributed by atoms with Crippen molar-refractivity contribution in [1.29, 1.82) is 0 Å². The summed E-state index contributed by atoms with van der Waals surface area (Å²) in [5.74, 6) is 0. The first kappa shape index (κ1) is 13.0. The Balaban J connectivity index is 1.74. The molecule has 4 heteroatoms. The van der Waals surface area contributed by atoms with E-state index in [2.05, 4.69) is 22.4 Å². The molecule has 0 atom stereocenters. The maximum Gasteiger partial charge on any atom is 0.0471 e. The summed E-state index contributed by atoms with van der Waals surface area (Å²) in [6.07, 6.45) is 2.61. The fourth-order valence-electron chi connectivity index (χ4n) is 2.27. The van der Waals surface area contributed by atoms with Crippen molar-refractivity contribution in [3.63, 3.8) is 0 Å². The molecule has 0 bridgehead atoms. The molecule has 0 amide bonds. The van der Waals surface area contributed by atoms with Gasteiger partial charge in [-0.2, -0.15) is 0 Å². The standard InChI is InChI=1S/C15H17ClN2S/c16-15-8-12(17)4-3-11(15)9-18(13-5-6-13)10-14-2-1-7-19-14/h1-4,7-8,13H,5-6,9-10,17H2. The van der Waals surface area contributed by atoms with Crippen LogP contribution >= 0.6 is 22.9 Å². The van der Waals surface area contributed by atoms with Crippen LogP contribution in [0, 0.1) is 0 Å². The molecule has 1 aliphatic carbocycles. The number of nitrogens with two attached hydrogens (primary N) is 1. The second-order valence-electron chi connectivity index (χ2n) is 5.07. The Morgan fingerprint density at radius 1 is 1.26 bits per heavy atom. The van der Waals surface area contributed by atoms with Gasteiger partial charge in [0, 0.05) is 34.7 Å². The van der Waals surface area contributed by atoms with Gasteiger partial charge in [-0.15, -0.1) is 11.3 Å². The molecule has 1 aliphatic rings. The Bertz CT molecular complexity index is 549. The van der Waals surface area contributed by atoms with Crippen LogP contribution in [0.3, 0.4) is 0 Å². The van der Waals surface area contributed by atoms with Crippen molar-refractivity contribution in [3.05, 3.63) is 51.2 Å². The van der Waals surface area contributed by atoms with Crippen LogP contribution < -0.4 is 5.73 Å². The second-order valence-corrected chi connectivity index (χ2v) is 6.51. The summed E-state index contributed by atoms with van der Waals surface area (Å²) in [6.45, 7) is 1.92. The molecular weight excluding hydrogens is 276 g/mol. The molecule has 0 radical (unpaired) electrons. The van der Waals surface area contributed by atoms with E-state index in [4.69, 9.17) is 17.3 Å². The minimum atomic E-state index is 0.718. The Kier molecular flexibility index (Phi) is 3.78. The van der Waals surface area contributed by atoms with Crippen LogP contribution in [-0.2, 0) is 13.1 Å². The molecule has 1 heterocycles. The topological polar surface area (TPSA) is 29.3 Å². The van der Waals surface area contributed by atoms with E-state index in [1.165, 1.54) is 23.3 Å². The van der Waals surface area contributed by atoms with Crippen molar-refractivity contribution in [2.24, 2.45) is 0 Å². The van der Waals surface area contributed by atoms with Gasteiger partial charge in [-0.05, 0) is 42.0 Å². The lowest BCUT2D eigenvalue weighted by atomic mass is 10.2. The number of benzene rings is 1. The van der Waals surface area contributed by atoms with Gasteiger partial charge in [-0.25, -0.2) is 0 Å². The van der Waals surface area contributed by atoms with E-state index in [0.717, 1.165) is 29.8 Å². The van der Waals surface area contributed by atoms with Crippen molar-refractivity contribution in [2.75, 3.05) is 5.73 Å². The lowest BCUT2D eigenvalue weighted by Crippen LogP contribution is -2.24. The highest BCUT2D eigenvalue weighted by molar-refractivity contribution is 7.09. The van der Waals surface area contributed by atoms with Crippen LogP contribution in [0.4, 0.5) is 5.69 Å². The molecule has 2 aromatic rings. The van der Waals surface area contributed by atoms with Gasteiger partial charge < -0.3 is 5.73 Å². The van der Waals surface area contributed by atoms with Gasteiger partial charge >= 0.3 is 0 Å². The fourth-order valence-corrected chi connectivity index (χ4v) is 3.25. The zero-order valence-electron chi connectivity index (χ0n) is 10.7. The number of rotatable bonds is 5. The third-order valence-corrected chi connectivity index (χ3v) is 4.67. The molecule has 2 N–H and O–H groups in total. The summed E-state index contributed by atoms with van der Waals surface area (Å²) in [5, 5.41) is 2.91.